The first kappa shape index (κ1) is 16.0. The van der Waals surface area contributed by atoms with E-state index in [4.69, 9.17) is 4.74 Å². The van der Waals surface area contributed by atoms with Crippen LogP contribution in [0.15, 0.2) is 30.3 Å². The number of hydrogen-bond acceptors (Lipinski definition) is 3. The lowest BCUT2D eigenvalue weighted by molar-refractivity contribution is -0.139. The number of alkyl carbamates (subject to hydrolysis) is 1. The first-order valence-electron chi connectivity index (χ1n) is 6.77. The molecule has 5 heteroatoms. The van der Waals surface area contributed by atoms with Crippen molar-refractivity contribution in [3.05, 3.63) is 35.9 Å². The number of benzene rings is 1. The van der Waals surface area contributed by atoms with E-state index in [1.165, 1.54) is 0 Å². The van der Waals surface area contributed by atoms with E-state index < -0.39 is 18.1 Å². The van der Waals surface area contributed by atoms with Gasteiger partial charge in [-0.25, -0.2) is 9.59 Å². The van der Waals surface area contributed by atoms with Crippen LogP contribution in [0.1, 0.15) is 38.2 Å². The van der Waals surface area contributed by atoms with Crippen LogP contribution < -0.4 is 5.32 Å². The third-order valence-electron chi connectivity index (χ3n) is 3.10. The Kier molecular flexibility index (Phi) is 6.56. The second-order valence-corrected chi connectivity index (χ2v) is 4.65. The standard InChI is InChI=1S/C15H21NO4/c1-3-4-10-20-15(19)16-13(14(17)18)11(2)12-8-6-5-7-9-12/h5-9,11,13H,3-4,10H2,1-2H3,(H,16,19)(H,17,18). The normalized spacial score (nSPS) is 13.3. The van der Waals surface area contributed by atoms with Gasteiger partial charge in [-0.15, -0.1) is 0 Å². The van der Waals surface area contributed by atoms with Crippen LogP contribution in [-0.4, -0.2) is 29.8 Å². The van der Waals surface area contributed by atoms with Gasteiger partial charge in [0.15, 0.2) is 0 Å². The molecule has 0 radical (unpaired) electrons. The second-order valence-electron chi connectivity index (χ2n) is 4.65. The van der Waals surface area contributed by atoms with Gasteiger partial charge in [-0.1, -0.05) is 50.6 Å². The lowest BCUT2D eigenvalue weighted by Crippen LogP contribution is -2.44. The Labute approximate surface area is 118 Å². The molecule has 1 amide bonds. The van der Waals surface area contributed by atoms with E-state index in [0.29, 0.717) is 6.61 Å². The Morgan fingerprint density at radius 2 is 1.95 bits per heavy atom. The number of carboxylic acid groups (broad SMARTS) is 1. The van der Waals surface area contributed by atoms with E-state index in [-0.39, 0.29) is 5.92 Å². The molecule has 0 spiro atoms. The van der Waals surface area contributed by atoms with Gasteiger partial charge in [0.25, 0.3) is 0 Å². The predicted octanol–water partition coefficient (Wildman–Crippen LogP) is 2.77. The summed E-state index contributed by atoms with van der Waals surface area (Å²) < 4.78 is 4.94. The van der Waals surface area contributed by atoms with Crippen LogP contribution in [0.2, 0.25) is 0 Å². The number of nitrogens with one attached hydrogen (secondary N) is 1. The molecule has 2 atom stereocenters. The number of carboxylic acids is 1. The maximum Gasteiger partial charge on any atom is 0.407 e. The van der Waals surface area contributed by atoms with E-state index in [0.717, 1.165) is 18.4 Å². The number of amides is 1. The number of hydrogen-bond donors (Lipinski definition) is 2. The highest BCUT2D eigenvalue weighted by molar-refractivity contribution is 5.81. The molecule has 0 saturated heterocycles. The molecular formula is C15H21NO4. The minimum absolute atomic E-state index is 0.300. The zero-order chi connectivity index (χ0) is 15.0. The molecule has 0 bridgehead atoms. The topological polar surface area (TPSA) is 75.6 Å². The van der Waals surface area contributed by atoms with Crippen LogP contribution in [-0.2, 0) is 9.53 Å². The van der Waals surface area contributed by atoms with Crippen molar-refractivity contribution < 1.29 is 19.4 Å². The van der Waals surface area contributed by atoms with Gasteiger partial charge >= 0.3 is 12.1 Å². The summed E-state index contributed by atoms with van der Waals surface area (Å²) >= 11 is 0. The van der Waals surface area contributed by atoms with Gasteiger partial charge in [0.1, 0.15) is 6.04 Å². The molecule has 0 saturated carbocycles. The van der Waals surface area contributed by atoms with E-state index in [2.05, 4.69) is 5.32 Å². The molecule has 0 aliphatic heterocycles. The summed E-state index contributed by atoms with van der Waals surface area (Å²) in [6.07, 6.45) is 0.990. The molecule has 2 N–H and O–H groups in total. The highest BCUT2D eigenvalue weighted by Crippen LogP contribution is 2.19. The Morgan fingerprint density at radius 1 is 1.30 bits per heavy atom. The summed E-state index contributed by atoms with van der Waals surface area (Å²) in [5.74, 6) is -1.42. The fraction of sp³-hybridized carbons (Fsp3) is 0.467. The van der Waals surface area contributed by atoms with Gasteiger partial charge in [0, 0.05) is 5.92 Å². The molecule has 0 fully saturated rings. The van der Waals surface area contributed by atoms with Crippen molar-refractivity contribution in [1.29, 1.82) is 0 Å². The quantitative estimate of drug-likeness (QED) is 0.752. The van der Waals surface area contributed by atoms with Crippen LogP contribution in [0.3, 0.4) is 0 Å². The summed E-state index contributed by atoms with van der Waals surface area (Å²) in [5.41, 5.74) is 0.855. The van der Waals surface area contributed by atoms with Crippen molar-refractivity contribution in [2.24, 2.45) is 0 Å². The number of ether oxygens (including phenoxy) is 1. The van der Waals surface area contributed by atoms with E-state index >= 15 is 0 Å². The maximum absolute atomic E-state index is 11.6. The smallest absolute Gasteiger partial charge is 0.407 e. The highest BCUT2D eigenvalue weighted by atomic mass is 16.5. The number of carbonyl (C=O) groups excluding carboxylic acids is 1. The van der Waals surface area contributed by atoms with Crippen molar-refractivity contribution in [2.75, 3.05) is 6.61 Å². The maximum atomic E-state index is 11.6. The van der Waals surface area contributed by atoms with Crippen molar-refractivity contribution in [3.8, 4) is 0 Å². The Balaban J connectivity index is 2.65. The number of unbranched alkanes of at least 4 members (excludes halogenated alkanes) is 1. The fourth-order valence-corrected chi connectivity index (χ4v) is 1.83. The molecule has 1 aromatic rings. The summed E-state index contributed by atoms with van der Waals surface area (Å²) in [6, 6.07) is 8.20. The molecule has 0 aliphatic rings. The molecule has 0 aromatic heterocycles. The fourth-order valence-electron chi connectivity index (χ4n) is 1.83. The van der Waals surface area contributed by atoms with Gasteiger partial charge in [-0.05, 0) is 12.0 Å². The lowest BCUT2D eigenvalue weighted by atomic mass is 9.93. The molecule has 110 valence electrons. The van der Waals surface area contributed by atoms with Gasteiger partial charge in [-0.2, -0.15) is 0 Å². The summed E-state index contributed by atoms with van der Waals surface area (Å²) in [4.78, 5) is 22.9. The Hall–Kier alpha value is -2.04. The third-order valence-corrected chi connectivity index (χ3v) is 3.10. The highest BCUT2D eigenvalue weighted by Gasteiger charge is 2.28. The average Bonchev–Trinajstić information content (AvgIpc) is 2.45. The average molecular weight is 279 g/mol. The van der Waals surface area contributed by atoms with Crippen molar-refractivity contribution in [1.82, 2.24) is 5.32 Å². The minimum Gasteiger partial charge on any atom is -0.480 e. The molecule has 20 heavy (non-hydrogen) atoms. The predicted molar refractivity (Wildman–Crippen MR) is 75.7 cm³/mol. The van der Waals surface area contributed by atoms with Gasteiger partial charge in [0.05, 0.1) is 6.61 Å². The Bertz CT molecular complexity index is 433. The van der Waals surface area contributed by atoms with Gasteiger partial charge in [0.2, 0.25) is 0 Å². The first-order valence-corrected chi connectivity index (χ1v) is 6.77. The monoisotopic (exact) mass is 279 g/mol. The molecular weight excluding hydrogens is 258 g/mol. The van der Waals surface area contributed by atoms with E-state index in [1.807, 2.05) is 37.3 Å². The number of carbonyl (C=O) groups is 2. The summed E-state index contributed by atoms with van der Waals surface area (Å²) in [6.45, 7) is 4.05. The largest absolute Gasteiger partial charge is 0.480 e. The molecule has 1 aromatic carbocycles. The van der Waals surface area contributed by atoms with Gasteiger partial charge in [-0.3, -0.25) is 0 Å². The third kappa shape index (κ3) is 4.91. The van der Waals surface area contributed by atoms with Crippen LogP contribution in [0.4, 0.5) is 4.79 Å². The van der Waals surface area contributed by atoms with Crippen LogP contribution in [0, 0.1) is 0 Å². The lowest BCUT2D eigenvalue weighted by Gasteiger charge is -2.21. The Morgan fingerprint density at radius 3 is 2.50 bits per heavy atom. The van der Waals surface area contributed by atoms with Crippen LogP contribution in [0.25, 0.3) is 0 Å². The molecule has 5 nitrogen and oxygen atoms in total. The van der Waals surface area contributed by atoms with Crippen molar-refractivity contribution >= 4 is 12.1 Å². The molecule has 2 unspecified atom stereocenters. The first-order chi connectivity index (χ1) is 9.56. The zero-order valence-electron chi connectivity index (χ0n) is 11.8. The van der Waals surface area contributed by atoms with Crippen molar-refractivity contribution in [3.63, 3.8) is 0 Å². The molecule has 0 heterocycles. The van der Waals surface area contributed by atoms with Crippen molar-refractivity contribution in [2.45, 2.75) is 38.6 Å². The minimum atomic E-state index is -1.08. The molecule has 1 rings (SSSR count). The second kappa shape index (κ2) is 8.19. The van der Waals surface area contributed by atoms with E-state index in [1.54, 1.807) is 6.92 Å². The molecule has 0 aliphatic carbocycles. The zero-order valence-corrected chi connectivity index (χ0v) is 11.8. The van der Waals surface area contributed by atoms with Crippen LogP contribution in [0.5, 0.6) is 0 Å². The SMILES string of the molecule is CCCCOC(=O)NC(C(=O)O)C(C)c1ccccc1. The number of aliphatic carboxylic acids is 1. The van der Waals surface area contributed by atoms with Gasteiger partial charge < -0.3 is 15.2 Å². The van der Waals surface area contributed by atoms with Crippen LogP contribution >= 0.6 is 0 Å². The summed E-state index contributed by atoms with van der Waals surface area (Å²) in [7, 11) is 0. The van der Waals surface area contributed by atoms with E-state index in [9.17, 15) is 14.7 Å². The number of rotatable bonds is 7. The summed E-state index contributed by atoms with van der Waals surface area (Å²) in [5, 5.41) is 11.7.